The smallest absolute Gasteiger partial charge is 0.214 e. The average molecular weight is 425 g/mol. The Kier molecular flexibility index (Phi) is 4.61. The molecule has 146 valence electrons. The molecule has 0 bridgehead atoms. The van der Waals surface area contributed by atoms with E-state index in [4.69, 9.17) is 37.8 Å². The zero-order chi connectivity index (χ0) is 20.0. The second kappa shape index (κ2) is 7.29. The molecule has 6 heteroatoms. The predicted octanol–water partition coefficient (Wildman–Crippen LogP) is 6.24. The van der Waals surface area contributed by atoms with Gasteiger partial charge in [0.25, 0.3) is 0 Å². The zero-order valence-corrected chi connectivity index (χ0v) is 17.2. The first-order valence-corrected chi connectivity index (χ1v) is 10.1. The summed E-state index contributed by atoms with van der Waals surface area (Å²) < 4.78 is 11.8. The molecule has 2 atom stereocenters. The van der Waals surface area contributed by atoms with Crippen LogP contribution in [0.15, 0.2) is 71.8 Å². The minimum atomic E-state index is -0.353. The third-order valence-corrected chi connectivity index (χ3v) is 5.80. The van der Waals surface area contributed by atoms with Gasteiger partial charge in [0.1, 0.15) is 11.5 Å². The molecule has 4 nitrogen and oxygen atoms in total. The molecule has 2 aliphatic heterocycles. The number of halogens is 2. The zero-order valence-electron chi connectivity index (χ0n) is 15.7. The number of methoxy groups -OCH3 is 1. The van der Waals surface area contributed by atoms with Crippen LogP contribution in [0.2, 0.25) is 10.0 Å². The molecule has 2 heterocycles. The van der Waals surface area contributed by atoms with Crippen molar-refractivity contribution in [1.82, 2.24) is 5.01 Å². The molecule has 0 aromatic heterocycles. The third kappa shape index (κ3) is 3.33. The Labute approximate surface area is 179 Å². The van der Waals surface area contributed by atoms with Crippen molar-refractivity contribution in [1.29, 1.82) is 0 Å². The van der Waals surface area contributed by atoms with Gasteiger partial charge in [0.05, 0.1) is 18.9 Å². The van der Waals surface area contributed by atoms with E-state index in [9.17, 15) is 0 Å². The summed E-state index contributed by atoms with van der Waals surface area (Å²) in [6.45, 7) is 0. The Morgan fingerprint density at radius 3 is 2.59 bits per heavy atom. The summed E-state index contributed by atoms with van der Waals surface area (Å²) in [5, 5.41) is 8.37. The molecule has 0 saturated carbocycles. The Morgan fingerprint density at radius 1 is 1.00 bits per heavy atom. The molecule has 0 amide bonds. The molecule has 5 rings (SSSR count). The first-order chi connectivity index (χ1) is 14.1. The molecule has 3 aromatic rings. The van der Waals surface area contributed by atoms with Crippen molar-refractivity contribution in [2.24, 2.45) is 5.10 Å². The topological polar surface area (TPSA) is 34.1 Å². The fourth-order valence-electron chi connectivity index (χ4n) is 3.89. The van der Waals surface area contributed by atoms with E-state index in [-0.39, 0.29) is 12.3 Å². The first kappa shape index (κ1) is 18.3. The highest BCUT2D eigenvalue weighted by Crippen LogP contribution is 2.48. The molecule has 0 radical (unpaired) electrons. The fourth-order valence-corrected chi connectivity index (χ4v) is 4.20. The lowest BCUT2D eigenvalue weighted by Gasteiger charge is -2.38. The lowest BCUT2D eigenvalue weighted by atomic mass is 9.96. The van der Waals surface area contributed by atoms with E-state index in [2.05, 4.69) is 0 Å². The Bertz CT molecular complexity index is 1100. The summed E-state index contributed by atoms with van der Waals surface area (Å²) in [4.78, 5) is 0. The van der Waals surface area contributed by atoms with Gasteiger partial charge in [-0.3, -0.25) is 0 Å². The monoisotopic (exact) mass is 424 g/mol. The fraction of sp³-hybridized carbons (Fsp3) is 0.174. The summed E-state index contributed by atoms with van der Waals surface area (Å²) in [5.41, 5.74) is 4.08. The van der Waals surface area contributed by atoms with Crippen LogP contribution in [0.4, 0.5) is 0 Å². The predicted molar refractivity (Wildman–Crippen MR) is 115 cm³/mol. The summed E-state index contributed by atoms with van der Waals surface area (Å²) in [6.07, 6.45) is 0.410. The van der Waals surface area contributed by atoms with Crippen LogP contribution in [0.3, 0.4) is 0 Å². The molecule has 0 spiro atoms. The Morgan fingerprint density at radius 2 is 1.79 bits per heavy atom. The van der Waals surface area contributed by atoms with Crippen LogP contribution in [0.5, 0.6) is 11.5 Å². The van der Waals surface area contributed by atoms with Crippen LogP contribution in [0.1, 0.15) is 35.4 Å². The number of nitrogens with zero attached hydrogens (tertiary/aromatic N) is 2. The van der Waals surface area contributed by atoms with Crippen molar-refractivity contribution in [2.45, 2.75) is 18.7 Å². The lowest BCUT2D eigenvalue weighted by Crippen LogP contribution is -2.33. The standard InChI is InChI=1S/C23H18Cl2N2O2/c1-28-18-4-2-3-15(11-18)23-27-21(19-12-17(25)9-10-22(19)29-23)13-20(26-27)14-5-7-16(24)8-6-14/h2-12,21,23H,13H2,1H3. The SMILES string of the molecule is COc1cccc(C2Oc3ccc(Cl)cc3C3CC(c4ccc(Cl)cc4)=NN32)c1. The number of hydrogen-bond acceptors (Lipinski definition) is 4. The number of ether oxygens (including phenoxy) is 2. The number of hydrazone groups is 1. The van der Waals surface area contributed by atoms with Crippen molar-refractivity contribution >= 4 is 28.9 Å². The summed E-state index contributed by atoms with van der Waals surface area (Å²) >= 11 is 12.3. The van der Waals surface area contributed by atoms with E-state index in [0.717, 1.165) is 40.3 Å². The largest absolute Gasteiger partial charge is 0.497 e. The van der Waals surface area contributed by atoms with E-state index in [1.165, 1.54) is 0 Å². The van der Waals surface area contributed by atoms with Gasteiger partial charge in [-0.05, 0) is 48.0 Å². The number of fused-ring (bicyclic) bond motifs is 3. The number of benzene rings is 3. The van der Waals surface area contributed by atoms with E-state index in [1.54, 1.807) is 7.11 Å². The first-order valence-electron chi connectivity index (χ1n) is 9.34. The van der Waals surface area contributed by atoms with Gasteiger partial charge in [0, 0.05) is 27.6 Å². The molecule has 29 heavy (non-hydrogen) atoms. The summed E-state index contributed by atoms with van der Waals surface area (Å²) in [6, 6.07) is 21.5. The van der Waals surface area contributed by atoms with Crippen LogP contribution < -0.4 is 9.47 Å². The summed E-state index contributed by atoms with van der Waals surface area (Å²) in [5.74, 6) is 1.61. The molecule has 0 fully saturated rings. The van der Waals surface area contributed by atoms with Crippen molar-refractivity contribution in [3.8, 4) is 11.5 Å². The van der Waals surface area contributed by atoms with E-state index >= 15 is 0 Å². The third-order valence-electron chi connectivity index (χ3n) is 5.31. The molecule has 0 N–H and O–H groups in total. The van der Waals surface area contributed by atoms with Gasteiger partial charge in [-0.2, -0.15) is 5.10 Å². The Balaban J connectivity index is 1.60. The second-order valence-corrected chi connectivity index (χ2v) is 7.96. The van der Waals surface area contributed by atoms with Crippen LogP contribution in [-0.4, -0.2) is 17.8 Å². The molecular formula is C23H18Cl2N2O2. The van der Waals surface area contributed by atoms with Gasteiger partial charge >= 0.3 is 0 Å². The average Bonchev–Trinajstić information content (AvgIpc) is 3.19. The van der Waals surface area contributed by atoms with Crippen LogP contribution in [0, 0.1) is 0 Å². The van der Waals surface area contributed by atoms with Gasteiger partial charge in [0.2, 0.25) is 6.23 Å². The van der Waals surface area contributed by atoms with Gasteiger partial charge < -0.3 is 9.47 Å². The minimum absolute atomic E-state index is 0.0410. The Hall–Kier alpha value is -2.69. The minimum Gasteiger partial charge on any atom is -0.497 e. The van der Waals surface area contributed by atoms with Crippen molar-refractivity contribution in [3.63, 3.8) is 0 Å². The molecule has 3 aromatic carbocycles. The maximum absolute atomic E-state index is 6.37. The van der Waals surface area contributed by atoms with Gasteiger partial charge in [0.15, 0.2) is 0 Å². The highest BCUT2D eigenvalue weighted by atomic mass is 35.5. The highest BCUT2D eigenvalue weighted by Gasteiger charge is 2.41. The molecule has 0 aliphatic carbocycles. The van der Waals surface area contributed by atoms with Crippen molar-refractivity contribution in [2.75, 3.05) is 7.11 Å². The maximum Gasteiger partial charge on any atom is 0.214 e. The van der Waals surface area contributed by atoms with E-state index in [0.29, 0.717) is 10.0 Å². The normalized spacial score (nSPS) is 19.8. The van der Waals surface area contributed by atoms with E-state index < -0.39 is 0 Å². The highest BCUT2D eigenvalue weighted by molar-refractivity contribution is 6.31. The molecule has 2 aliphatic rings. The second-order valence-electron chi connectivity index (χ2n) is 7.08. The molecular weight excluding hydrogens is 407 g/mol. The van der Waals surface area contributed by atoms with E-state index in [1.807, 2.05) is 71.7 Å². The van der Waals surface area contributed by atoms with Gasteiger partial charge in [-0.25, -0.2) is 5.01 Å². The number of rotatable bonds is 3. The van der Waals surface area contributed by atoms with Crippen molar-refractivity contribution < 1.29 is 9.47 Å². The lowest BCUT2D eigenvalue weighted by molar-refractivity contribution is -0.0191. The van der Waals surface area contributed by atoms with Crippen molar-refractivity contribution in [3.05, 3.63) is 93.5 Å². The van der Waals surface area contributed by atoms with Gasteiger partial charge in [-0.15, -0.1) is 0 Å². The van der Waals surface area contributed by atoms with Crippen LogP contribution in [0.25, 0.3) is 0 Å². The number of hydrogen-bond donors (Lipinski definition) is 0. The van der Waals surface area contributed by atoms with Crippen LogP contribution in [-0.2, 0) is 0 Å². The molecule has 2 unspecified atom stereocenters. The molecule has 0 saturated heterocycles. The van der Waals surface area contributed by atoms with Crippen LogP contribution >= 0.6 is 23.2 Å². The van der Waals surface area contributed by atoms with Gasteiger partial charge in [-0.1, -0.05) is 47.5 Å². The maximum atomic E-state index is 6.37. The quantitative estimate of drug-likeness (QED) is 0.498. The summed E-state index contributed by atoms with van der Waals surface area (Å²) in [7, 11) is 1.66.